The normalized spacial score (nSPS) is 15.0. The van der Waals surface area contributed by atoms with Gasteiger partial charge in [0, 0.05) is 0 Å². The maximum absolute atomic E-state index is 12.1. The summed E-state index contributed by atoms with van der Waals surface area (Å²) in [6.45, 7) is 8.42. The van der Waals surface area contributed by atoms with E-state index in [1.165, 1.54) is 44.9 Å². The highest BCUT2D eigenvalue weighted by Crippen LogP contribution is 2.42. The molecule has 3 aromatic carbocycles. The molecule has 3 aromatic rings. The summed E-state index contributed by atoms with van der Waals surface area (Å²) < 4.78 is 33.0. The Morgan fingerprint density at radius 2 is 1.24 bits per heavy atom. The molecule has 0 amide bonds. The number of aliphatic hydroxyl groups excluding tert-OH is 1. The molecule has 0 aromatic heterocycles. The zero-order valence-electron chi connectivity index (χ0n) is 32.7. The van der Waals surface area contributed by atoms with Crippen LogP contribution in [0.1, 0.15) is 139 Å². The molecule has 1 unspecified atom stereocenters. The van der Waals surface area contributed by atoms with Crippen LogP contribution in [0, 0.1) is 5.92 Å². The van der Waals surface area contributed by atoms with Crippen molar-refractivity contribution in [2.24, 2.45) is 5.92 Å². The highest BCUT2D eigenvalue weighted by molar-refractivity contribution is 7.80. The van der Waals surface area contributed by atoms with E-state index in [9.17, 15) is 28.5 Å². The first-order chi connectivity index (χ1) is 25.8. The van der Waals surface area contributed by atoms with E-state index in [2.05, 4.69) is 16.0 Å². The highest BCUT2D eigenvalue weighted by atomic mass is 32.3. The predicted octanol–water partition coefficient (Wildman–Crippen LogP) is 9.24. The van der Waals surface area contributed by atoms with Gasteiger partial charge in [0.2, 0.25) is 0 Å². The number of carboxylic acid groups (broad SMARTS) is 1. The second-order valence-corrected chi connectivity index (χ2v) is 16.3. The van der Waals surface area contributed by atoms with Gasteiger partial charge in [-0.2, -0.15) is 8.42 Å². The predicted molar refractivity (Wildman–Crippen MR) is 216 cm³/mol. The number of hydrogen-bond acceptors (Lipinski definition) is 7. The molecule has 0 aliphatic carbocycles. The summed E-state index contributed by atoms with van der Waals surface area (Å²) in [5.41, 5.74) is 1.47. The molecule has 0 radical (unpaired) electrons. The SMILES string of the molecule is CC(C)(C(=O)O)c1ccc(C(O)CCCN2CCC(C(O)(c3ccccc3)c3ccccc3)CC2)cc1.CCCCCCCCCCCCOS(=O)(=O)O. The fourth-order valence-corrected chi connectivity index (χ4v) is 7.60. The summed E-state index contributed by atoms with van der Waals surface area (Å²) in [4.78, 5) is 13.9. The molecule has 1 atom stereocenters. The van der Waals surface area contributed by atoms with Crippen molar-refractivity contribution in [3.63, 3.8) is 0 Å². The van der Waals surface area contributed by atoms with Crippen molar-refractivity contribution in [1.29, 1.82) is 0 Å². The van der Waals surface area contributed by atoms with Crippen LogP contribution in [0.15, 0.2) is 84.9 Å². The molecule has 1 aliphatic heterocycles. The van der Waals surface area contributed by atoms with Crippen LogP contribution in [0.5, 0.6) is 0 Å². The average molecular weight is 768 g/mol. The zero-order valence-corrected chi connectivity index (χ0v) is 33.6. The molecule has 0 bridgehead atoms. The molecule has 1 fully saturated rings. The lowest BCUT2D eigenvalue weighted by atomic mass is 9.72. The molecule has 4 rings (SSSR count). The van der Waals surface area contributed by atoms with Crippen LogP contribution in [-0.2, 0) is 30.4 Å². The molecule has 54 heavy (non-hydrogen) atoms. The zero-order chi connectivity index (χ0) is 39.5. The minimum atomic E-state index is -4.23. The fraction of sp³-hybridized carbons (Fsp3) is 0.568. The summed E-state index contributed by atoms with van der Waals surface area (Å²) in [7, 11) is -4.23. The smallest absolute Gasteiger partial charge is 0.397 e. The molecular formula is C44H65NO8S. The van der Waals surface area contributed by atoms with Gasteiger partial charge in [-0.1, -0.05) is 150 Å². The van der Waals surface area contributed by atoms with Gasteiger partial charge in [0.15, 0.2) is 0 Å². The number of unbranched alkanes of at least 4 members (excludes halogenated alkanes) is 9. The van der Waals surface area contributed by atoms with Gasteiger partial charge >= 0.3 is 16.4 Å². The Morgan fingerprint density at radius 1 is 0.759 bits per heavy atom. The van der Waals surface area contributed by atoms with Crippen LogP contribution in [0.3, 0.4) is 0 Å². The van der Waals surface area contributed by atoms with Crippen LogP contribution in [0.4, 0.5) is 0 Å². The van der Waals surface area contributed by atoms with Crippen molar-refractivity contribution in [3.05, 3.63) is 107 Å². The molecule has 10 heteroatoms. The van der Waals surface area contributed by atoms with Crippen molar-refractivity contribution < 1.29 is 37.3 Å². The van der Waals surface area contributed by atoms with Crippen molar-refractivity contribution in [1.82, 2.24) is 4.90 Å². The van der Waals surface area contributed by atoms with Gasteiger partial charge in [0.1, 0.15) is 5.60 Å². The van der Waals surface area contributed by atoms with Gasteiger partial charge in [-0.15, -0.1) is 0 Å². The third-order valence-electron chi connectivity index (χ3n) is 10.8. The lowest BCUT2D eigenvalue weighted by molar-refractivity contribution is -0.142. The first-order valence-electron chi connectivity index (χ1n) is 20.0. The van der Waals surface area contributed by atoms with Crippen LogP contribution in [0.25, 0.3) is 0 Å². The van der Waals surface area contributed by atoms with Gasteiger partial charge in [0.05, 0.1) is 18.1 Å². The number of carboxylic acids is 1. The molecule has 300 valence electrons. The number of benzene rings is 3. The number of aliphatic carboxylic acids is 1. The van der Waals surface area contributed by atoms with E-state index in [0.29, 0.717) is 12.8 Å². The number of likely N-dealkylation sites (tertiary alicyclic amines) is 1. The largest absolute Gasteiger partial charge is 0.481 e. The Kier molecular flexibility index (Phi) is 19.3. The molecule has 4 N–H and O–H groups in total. The van der Waals surface area contributed by atoms with E-state index < -0.39 is 33.5 Å². The van der Waals surface area contributed by atoms with E-state index >= 15 is 0 Å². The Balaban J connectivity index is 0.000000390. The number of aliphatic hydroxyl groups is 2. The van der Waals surface area contributed by atoms with Gasteiger partial charge in [0.25, 0.3) is 0 Å². The lowest BCUT2D eigenvalue weighted by Crippen LogP contribution is -2.44. The van der Waals surface area contributed by atoms with E-state index in [4.69, 9.17) is 4.55 Å². The van der Waals surface area contributed by atoms with E-state index in [0.717, 1.165) is 74.0 Å². The number of carbonyl (C=O) groups is 1. The number of nitrogens with zero attached hydrogens (tertiary/aromatic N) is 1. The van der Waals surface area contributed by atoms with Gasteiger partial charge in [-0.25, -0.2) is 4.18 Å². The van der Waals surface area contributed by atoms with Crippen LogP contribution in [-0.4, -0.2) is 65.4 Å². The van der Waals surface area contributed by atoms with Gasteiger partial charge < -0.3 is 20.2 Å². The topological polar surface area (TPSA) is 145 Å². The quantitative estimate of drug-likeness (QED) is 0.0581. The second-order valence-electron chi connectivity index (χ2n) is 15.3. The Labute approximate surface area is 324 Å². The monoisotopic (exact) mass is 767 g/mol. The maximum atomic E-state index is 12.1. The number of rotatable bonds is 22. The molecule has 0 saturated carbocycles. The summed E-state index contributed by atoms with van der Waals surface area (Å²) in [5.74, 6) is -0.733. The van der Waals surface area contributed by atoms with E-state index in [1.54, 1.807) is 26.0 Å². The minimum Gasteiger partial charge on any atom is -0.481 e. The van der Waals surface area contributed by atoms with E-state index in [1.807, 2.05) is 72.8 Å². The minimum absolute atomic E-state index is 0.0926. The first-order valence-corrected chi connectivity index (χ1v) is 21.3. The van der Waals surface area contributed by atoms with Crippen LogP contribution in [0.2, 0.25) is 0 Å². The maximum Gasteiger partial charge on any atom is 0.397 e. The number of hydrogen-bond donors (Lipinski definition) is 4. The summed E-state index contributed by atoms with van der Waals surface area (Å²) in [6.07, 6.45) is 14.6. The van der Waals surface area contributed by atoms with Crippen molar-refractivity contribution in [2.45, 2.75) is 128 Å². The molecule has 1 saturated heterocycles. The third kappa shape index (κ3) is 14.8. The highest BCUT2D eigenvalue weighted by Gasteiger charge is 2.41. The number of piperidine rings is 1. The summed E-state index contributed by atoms with van der Waals surface area (Å²) >= 11 is 0. The molecular weight excluding hydrogens is 703 g/mol. The molecule has 0 spiro atoms. The molecule has 9 nitrogen and oxygen atoms in total. The Hall–Kier alpha value is -3.12. The molecule has 1 aliphatic rings. The standard InChI is InChI=1S/C32H39NO4.C12H26O4S/c1-31(2,30(35)36)25-17-15-24(16-18-25)29(34)14-9-21-33-22-19-28(20-23-33)32(37,26-10-5-3-6-11-26)27-12-7-4-8-13-27;1-2-3-4-5-6-7-8-9-10-11-12-16-17(13,14)15/h3-8,10-13,15-18,28-29,34,37H,9,14,19-23H2,1-2H3,(H,35,36);2-12H2,1H3,(H,13,14,15). The fourth-order valence-electron chi connectivity index (χ4n) is 7.27. The van der Waals surface area contributed by atoms with E-state index in [-0.39, 0.29) is 12.5 Å². The van der Waals surface area contributed by atoms with Crippen molar-refractivity contribution >= 4 is 16.4 Å². The average Bonchev–Trinajstić information content (AvgIpc) is 3.17. The van der Waals surface area contributed by atoms with Crippen LogP contribution < -0.4 is 0 Å². The van der Waals surface area contributed by atoms with Crippen molar-refractivity contribution in [3.8, 4) is 0 Å². The van der Waals surface area contributed by atoms with Crippen LogP contribution >= 0.6 is 0 Å². The Bertz CT molecular complexity index is 1530. The third-order valence-corrected chi connectivity index (χ3v) is 11.3. The molecule has 1 heterocycles. The van der Waals surface area contributed by atoms with Crippen molar-refractivity contribution in [2.75, 3.05) is 26.2 Å². The first kappa shape index (κ1) is 45.3. The van der Waals surface area contributed by atoms with Gasteiger partial charge in [-0.3, -0.25) is 9.35 Å². The lowest BCUT2D eigenvalue weighted by Gasteiger charge is -2.42. The Morgan fingerprint density at radius 3 is 1.70 bits per heavy atom. The van der Waals surface area contributed by atoms with Gasteiger partial charge in [-0.05, 0) is 93.8 Å². The second kappa shape index (κ2) is 23.1. The summed E-state index contributed by atoms with van der Waals surface area (Å²) in [6, 6.07) is 27.3. The summed E-state index contributed by atoms with van der Waals surface area (Å²) in [5, 5.41) is 32.2.